The van der Waals surface area contributed by atoms with Crippen LogP contribution in [0.15, 0.2) is 0 Å². The van der Waals surface area contributed by atoms with Crippen LogP contribution in [0.4, 0.5) is 0 Å². The first kappa shape index (κ1) is 9.60. The van der Waals surface area contributed by atoms with Crippen molar-refractivity contribution >= 4 is 57.7 Å². The van der Waals surface area contributed by atoms with Gasteiger partial charge in [0.2, 0.25) is 0 Å². The molecule has 0 aliphatic rings. The van der Waals surface area contributed by atoms with Gasteiger partial charge in [0.1, 0.15) is 24.5 Å². The first-order valence-corrected chi connectivity index (χ1v) is 9.48. The second-order valence-corrected chi connectivity index (χ2v) is 11.2. The van der Waals surface area contributed by atoms with E-state index in [1.807, 2.05) is 0 Å². The van der Waals surface area contributed by atoms with Gasteiger partial charge in [-0.2, -0.15) is 0 Å². The van der Waals surface area contributed by atoms with E-state index in [9.17, 15) is 9.13 Å². The molecule has 0 aliphatic carbocycles. The van der Waals surface area contributed by atoms with Crippen LogP contribution >= 0.6 is 57.7 Å². The maximum atomic E-state index is 10.1. The summed E-state index contributed by atoms with van der Waals surface area (Å²) in [5.41, 5.74) is 0. The van der Waals surface area contributed by atoms with E-state index in [2.05, 4.69) is 24.5 Å². The van der Waals surface area contributed by atoms with Crippen LogP contribution in [0.1, 0.15) is 0 Å². The van der Waals surface area contributed by atoms with Crippen LogP contribution in [0.2, 0.25) is 0 Å². The standard InChI is InChI=1S/O2P2S4/c1-3(5)7-8-4(2)6/p+2. The average molecular weight is 224 g/mol. The van der Waals surface area contributed by atoms with E-state index in [1.165, 1.54) is 0 Å². The van der Waals surface area contributed by atoms with Crippen molar-refractivity contribution in [2.45, 2.75) is 0 Å². The summed E-state index contributed by atoms with van der Waals surface area (Å²) in [5, 5.41) is 0. The second kappa shape index (κ2) is 5.39. The van der Waals surface area contributed by atoms with Gasteiger partial charge in [-0.25, -0.2) is 0 Å². The van der Waals surface area contributed by atoms with E-state index >= 15 is 0 Å². The van der Waals surface area contributed by atoms with Crippen molar-refractivity contribution in [3.8, 4) is 0 Å². The highest BCUT2D eigenvalue weighted by molar-refractivity contribution is 9.21. The average Bonchev–Trinajstić information content (AvgIpc) is 1.61. The fourth-order valence-corrected chi connectivity index (χ4v) is 9.45. The SMILES string of the molecule is O=[P+](S)SS[P+](=O)S. The molecule has 8 heavy (non-hydrogen) atoms. The Bertz CT molecular complexity index is 96.6. The third-order valence-corrected chi connectivity index (χ3v) is 9.74. The Labute approximate surface area is 66.7 Å². The Morgan fingerprint density at radius 2 is 1.25 bits per heavy atom. The van der Waals surface area contributed by atoms with Gasteiger partial charge in [0, 0.05) is 0 Å². The normalized spacial score (nSPS) is 13.2. The van der Waals surface area contributed by atoms with Crippen LogP contribution in [0.3, 0.4) is 0 Å². The minimum Gasteiger partial charge on any atom is -0.0433 e. The lowest BCUT2D eigenvalue weighted by atomic mass is 16.0. The van der Waals surface area contributed by atoms with E-state index in [4.69, 9.17) is 0 Å². The van der Waals surface area contributed by atoms with Crippen LogP contribution in [0, 0.1) is 0 Å². The lowest BCUT2D eigenvalue weighted by Crippen LogP contribution is -1.24. The van der Waals surface area contributed by atoms with Crippen molar-refractivity contribution < 1.29 is 9.13 Å². The Balaban J connectivity index is 3.18. The van der Waals surface area contributed by atoms with E-state index in [-0.39, 0.29) is 0 Å². The quantitative estimate of drug-likeness (QED) is 0.436. The molecule has 0 saturated carbocycles. The summed E-state index contributed by atoms with van der Waals surface area (Å²) in [6, 6.07) is 0. The number of hydrogen-bond donors (Lipinski definition) is 2. The molecule has 2 atom stereocenters. The maximum absolute atomic E-state index is 10.1. The minimum absolute atomic E-state index is 0.969. The van der Waals surface area contributed by atoms with Gasteiger partial charge in [-0.1, -0.05) is 0 Å². The molecule has 0 bridgehead atoms. The highest BCUT2D eigenvalue weighted by Gasteiger charge is 2.23. The van der Waals surface area contributed by atoms with Crippen LogP contribution in [-0.2, 0) is 9.13 Å². The number of thiol groups is 2. The Kier molecular flexibility index (Phi) is 6.47. The number of hydrogen-bond acceptors (Lipinski definition) is 4. The van der Waals surface area contributed by atoms with Crippen LogP contribution in [-0.4, -0.2) is 0 Å². The molecule has 0 rings (SSSR count). The zero-order chi connectivity index (χ0) is 6.57. The molecule has 0 fully saturated rings. The van der Waals surface area contributed by atoms with Gasteiger partial charge in [-0.3, -0.25) is 0 Å². The van der Waals surface area contributed by atoms with Crippen molar-refractivity contribution in [2.75, 3.05) is 0 Å². The van der Waals surface area contributed by atoms with Gasteiger partial charge in [0.15, 0.2) is 0 Å². The van der Waals surface area contributed by atoms with Crippen molar-refractivity contribution in [3.63, 3.8) is 0 Å². The molecule has 0 aromatic carbocycles. The molecule has 0 aromatic heterocycles. The summed E-state index contributed by atoms with van der Waals surface area (Å²) >= 11 is 7.12. The van der Waals surface area contributed by atoms with E-state index < -0.39 is 12.4 Å². The fraction of sp³-hybridized carbons (Fsp3) is 0. The van der Waals surface area contributed by atoms with Crippen molar-refractivity contribution in [1.82, 2.24) is 0 Å². The molecule has 0 spiro atoms. The lowest BCUT2D eigenvalue weighted by molar-refractivity contribution is 0.602. The minimum atomic E-state index is -1.54. The van der Waals surface area contributed by atoms with Gasteiger partial charge >= 0.3 is 12.4 Å². The topological polar surface area (TPSA) is 34.1 Å². The molecule has 0 heterocycles. The molecule has 2 nitrogen and oxygen atoms in total. The molecule has 0 N–H and O–H groups in total. The first-order chi connectivity index (χ1) is 3.63. The molecular formula is H2O2P2S4+2. The fourth-order valence-electron chi connectivity index (χ4n) is 0.0570. The largest absolute Gasteiger partial charge is 0.496 e. The Morgan fingerprint density at radius 1 is 1.00 bits per heavy atom. The summed E-state index contributed by atoms with van der Waals surface area (Å²) in [4.78, 5) is 0. The van der Waals surface area contributed by atoms with Gasteiger partial charge in [0.25, 0.3) is 20.8 Å². The molecule has 0 aliphatic heterocycles. The number of rotatable bonds is 3. The molecular weight excluding hydrogens is 222 g/mol. The van der Waals surface area contributed by atoms with E-state index in [0.717, 1.165) is 20.8 Å². The molecule has 0 radical (unpaired) electrons. The molecule has 0 saturated heterocycles. The van der Waals surface area contributed by atoms with Crippen molar-refractivity contribution in [1.29, 1.82) is 0 Å². The van der Waals surface area contributed by atoms with E-state index in [0.29, 0.717) is 0 Å². The highest BCUT2D eigenvalue weighted by Crippen LogP contribution is 2.61. The summed E-state index contributed by atoms with van der Waals surface area (Å²) in [7, 11) is 1.94. The molecule has 0 amide bonds. The van der Waals surface area contributed by atoms with Crippen molar-refractivity contribution in [3.05, 3.63) is 0 Å². The predicted octanol–water partition coefficient (Wildman–Crippen LogP) is 3.54. The van der Waals surface area contributed by atoms with Gasteiger partial charge in [0.05, 0.1) is 0 Å². The van der Waals surface area contributed by atoms with Crippen LogP contribution < -0.4 is 0 Å². The second-order valence-electron chi connectivity index (χ2n) is 0.625. The summed E-state index contributed by atoms with van der Waals surface area (Å²) in [5.74, 6) is 0. The van der Waals surface area contributed by atoms with Crippen LogP contribution in [0.5, 0.6) is 0 Å². The molecule has 0 aromatic rings. The Morgan fingerprint density at radius 3 is 1.38 bits per heavy atom. The van der Waals surface area contributed by atoms with E-state index in [1.54, 1.807) is 0 Å². The molecule has 2 unspecified atom stereocenters. The smallest absolute Gasteiger partial charge is 0.0433 e. The maximum Gasteiger partial charge on any atom is 0.496 e. The van der Waals surface area contributed by atoms with Gasteiger partial charge in [-0.15, -0.1) is 0 Å². The highest BCUT2D eigenvalue weighted by atomic mass is 33.6. The Hall–Kier alpha value is 1.60. The molecule has 46 valence electrons. The zero-order valence-electron chi connectivity index (χ0n) is 3.42. The zero-order valence-corrected chi connectivity index (χ0v) is 8.63. The lowest BCUT2D eigenvalue weighted by Gasteiger charge is -1.59. The van der Waals surface area contributed by atoms with Crippen LogP contribution in [0.25, 0.3) is 0 Å². The third-order valence-electron chi connectivity index (χ3n) is 0.161. The first-order valence-electron chi connectivity index (χ1n) is 1.30. The summed E-state index contributed by atoms with van der Waals surface area (Å²) in [6.45, 7) is 0. The van der Waals surface area contributed by atoms with Gasteiger partial charge in [-0.05, 0) is 9.13 Å². The van der Waals surface area contributed by atoms with Gasteiger partial charge < -0.3 is 0 Å². The predicted molar refractivity (Wildman–Crippen MR) is 48.4 cm³/mol. The summed E-state index contributed by atoms with van der Waals surface area (Å²) < 4.78 is 20.3. The molecule has 8 heteroatoms. The van der Waals surface area contributed by atoms with Crippen molar-refractivity contribution in [2.24, 2.45) is 0 Å². The summed E-state index contributed by atoms with van der Waals surface area (Å²) in [6.07, 6.45) is -3.08. The monoisotopic (exact) mass is 224 g/mol. The third kappa shape index (κ3) is 7.60.